The molecule has 20 heavy (non-hydrogen) atoms. The molecule has 1 unspecified atom stereocenters. The van der Waals surface area contributed by atoms with Crippen LogP contribution in [-0.2, 0) is 4.74 Å². The maximum absolute atomic E-state index is 14.4. The smallest absolute Gasteiger partial charge is 0.328 e. The van der Waals surface area contributed by atoms with Gasteiger partial charge < -0.3 is 14.9 Å². The first kappa shape index (κ1) is 15.2. The highest BCUT2D eigenvalue weighted by atomic mass is 32.1. The first-order valence-corrected chi connectivity index (χ1v) is 5.91. The summed E-state index contributed by atoms with van der Waals surface area (Å²) in [7, 11) is 0. The molecule has 0 aromatic carbocycles. The third-order valence-corrected chi connectivity index (χ3v) is 3.34. The van der Waals surface area contributed by atoms with Crippen LogP contribution in [0.5, 0.6) is 0 Å². The van der Waals surface area contributed by atoms with E-state index in [9.17, 15) is 23.1 Å². The van der Waals surface area contributed by atoms with Gasteiger partial charge >= 0.3 is 5.69 Å². The normalized spacial score (nSPS) is 37.2. The lowest BCUT2D eigenvalue weighted by atomic mass is 9.96. The van der Waals surface area contributed by atoms with Gasteiger partial charge in [-0.15, -0.1) is 0 Å². The molecule has 1 aliphatic rings. The topological polar surface area (TPSA) is 87.5 Å². The summed E-state index contributed by atoms with van der Waals surface area (Å²) in [6, 6.07) is 1.18. The van der Waals surface area contributed by atoms with Gasteiger partial charge in [0.25, 0.3) is 5.85 Å². The number of aromatic nitrogens is 2. The van der Waals surface area contributed by atoms with Gasteiger partial charge in [0.15, 0.2) is 12.3 Å². The van der Waals surface area contributed by atoms with Crippen molar-refractivity contribution in [2.24, 2.45) is 0 Å². The SMILES string of the molecule is O=c1[nH]c(=S)ccn1[C@@H]1O[C@](F)(CO)[C@H](O)C1(F)CF. The first-order chi connectivity index (χ1) is 9.28. The number of hydrogen-bond acceptors (Lipinski definition) is 5. The molecular formula is C10H11F3N2O4S. The summed E-state index contributed by atoms with van der Waals surface area (Å²) < 4.78 is 46.5. The Hall–Kier alpha value is -1.23. The maximum atomic E-state index is 14.4. The lowest BCUT2D eigenvalue weighted by Gasteiger charge is -2.25. The molecule has 2 heterocycles. The fourth-order valence-electron chi connectivity index (χ4n) is 2.00. The van der Waals surface area contributed by atoms with Crippen LogP contribution < -0.4 is 5.69 Å². The number of rotatable bonds is 3. The molecule has 0 saturated carbocycles. The van der Waals surface area contributed by atoms with Crippen LogP contribution in [-0.4, -0.2) is 50.7 Å². The van der Waals surface area contributed by atoms with Gasteiger partial charge in [0.05, 0.1) is 0 Å². The molecular weight excluding hydrogens is 301 g/mol. The summed E-state index contributed by atoms with van der Waals surface area (Å²) in [6.45, 7) is -3.21. The number of aromatic amines is 1. The fraction of sp³-hybridized carbons (Fsp3) is 0.600. The minimum atomic E-state index is -3.22. The molecule has 0 amide bonds. The number of hydrogen-bond donors (Lipinski definition) is 3. The fourth-order valence-corrected chi connectivity index (χ4v) is 2.15. The number of nitrogens with zero attached hydrogens (tertiary/aromatic N) is 1. The Kier molecular flexibility index (Phi) is 3.75. The van der Waals surface area contributed by atoms with E-state index in [1.165, 1.54) is 6.07 Å². The summed E-state index contributed by atoms with van der Waals surface area (Å²) in [5.41, 5.74) is -4.19. The molecule has 1 aromatic rings. The highest BCUT2D eigenvalue weighted by molar-refractivity contribution is 7.71. The van der Waals surface area contributed by atoms with Gasteiger partial charge in [-0.05, 0) is 6.07 Å². The third-order valence-electron chi connectivity index (χ3n) is 3.11. The molecule has 4 atom stereocenters. The van der Waals surface area contributed by atoms with Crippen LogP contribution >= 0.6 is 12.2 Å². The minimum absolute atomic E-state index is 0.0307. The number of ether oxygens (including phenoxy) is 1. The highest BCUT2D eigenvalue weighted by Crippen LogP contribution is 2.47. The Balaban J connectivity index is 2.55. The largest absolute Gasteiger partial charge is 0.390 e. The summed E-state index contributed by atoms with van der Waals surface area (Å²) >= 11 is 4.67. The molecule has 10 heteroatoms. The van der Waals surface area contributed by atoms with E-state index in [-0.39, 0.29) is 4.64 Å². The molecule has 0 bridgehead atoms. The Labute approximate surface area is 115 Å². The van der Waals surface area contributed by atoms with Crippen molar-refractivity contribution in [1.82, 2.24) is 9.55 Å². The van der Waals surface area contributed by atoms with Crippen LogP contribution in [0.2, 0.25) is 0 Å². The number of alkyl halides is 3. The molecule has 0 radical (unpaired) electrons. The molecule has 6 nitrogen and oxygen atoms in total. The summed E-state index contributed by atoms with van der Waals surface area (Å²) in [4.78, 5) is 13.8. The van der Waals surface area contributed by atoms with Crippen LogP contribution in [0, 0.1) is 4.64 Å². The molecule has 0 spiro atoms. The summed E-state index contributed by atoms with van der Waals surface area (Å²) in [5.74, 6) is -3.21. The van der Waals surface area contributed by atoms with Crippen molar-refractivity contribution in [3.05, 3.63) is 27.4 Å². The van der Waals surface area contributed by atoms with Gasteiger partial charge in [0.1, 0.15) is 17.9 Å². The zero-order valence-electron chi connectivity index (χ0n) is 9.92. The van der Waals surface area contributed by atoms with Crippen LogP contribution in [0.3, 0.4) is 0 Å². The highest BCUT2D eigenvalue weighted by Gasteiger charge is 2.67. The molecule has 1 saturated heterocycles. The second-order valence-corrected chi connectivity index (χ2v) is 4.83. The zero-order valence-corrected chi connectivity index (χ0v) is 10.7. The summed E-state index contributed by atoms with van der Waals surface area (Å²) in [5, 5.41) is 18.4. The molecule has 0 aliphatic carbocycles. The van der Waals surface area contributed by atoms with Gasteiger partial charge in [0, 0.05) is 6.20 Å². The van der Waals surface area contributed by atoms with Gasteiger partial charge in [-0.1, -0.05) is 12.2 Å². The molecule has 3 N–H and O–H groups in total. The van der Waals surface area contributed by atoms with Crippen molar-refractivity contribution in [2.75, 3.05) is 13.3 Å². The molecule has 1 aliphatic heterocycles. The zero-order chi connectivity index (χ0) is 15.1. The van der Waals surface area contributed by atoms with Gasteiger partial charge in [-0.25, -0.2) is 18.0 Å². The van der Waals surface area contributed by atoms with E-state index in [1.807, 2.05) is 0 Å². The number of nitrogens with one attached hydrogen (secondary N) is 1. The standard InChI is InChI=1S/C10H11F3N2O4S/c11-3-9(12)6(17)10(13,4-16)19-7(9)15-2-1-5(20)14-8(15)18/h1-2,6-7,16-17H,3-4H2,(H,14,18,20)/t6-,7-,9?,10-/m1/s1. The average Bonchev–Trinajstić information content (AvgIpc) is 2.62. The Bertz CT molecular complexity index is 623. The van der Waals surface area contributed by atoms with Gasteiger partial charge in [-0.2, -0.15) is 0 Å². The molecule has 112 valence electrons. The number of H-pyrrole nitrogens is 1. The van der Waals surface area contributed by atoms with E-state index in [4.69, 9.17) is 5.11 Å². The van der Waals surface area contributed by atoms with Crippen LogP contribution in [0.1, 0.15) is 6.23 Å². The van der Waals surface area contributed by atoms with Gasteiger partial charge in [-0.3, -0.25) is 9.55 Å². The van der Waals surface area contributed by atoms with Crippen molar-refractivity contribution in [2.45, 2.75) is 23.9 Å². The minimum Gasteiger partial charge on any atom is -0.390 e. The lowest BCUT2D eigenvalue weighted by molar-refractivity contribution is -0.207. The number of aliphatic hydroxyl groups is 2. The van der Waals surface area contributed by atoms with Gasteiger partial charge in [0.2, 0.25) is 5.67 Å². The van der Waals surface area contributed by atoms with E-state index in [2.05, 4.69) is 21.9 Å². The first-order valence-electron chi connectivity index (χ1n) is 5.50. The molecule has 1 aromatic heterocycles. The van der Waals surface area contributed by atoms with Crippen molar-refractivity contribution in [3.8, 4) is 0 Å². The maximum Gasteiger partial charge on any atom is 0.328 e. The van der Waals surface area contributed by atoms with Crippen molar-refractivity contribution in [1.29, 1.82) is 0 Å². The second kappa shape index (κ2) is 4.95. The third kappa shape index (κ3) is 2.08. The average molecular weight is 312 g/mol. The van der Waals surface area contributed by atoms with E-state index < -0.39 is 42.8 Å². The Morgan fingerprint density at radius 3 is 2.70 bits per heavy atom. The second-order valence-electron chi connectivity index (χ2n) is 4.39. The Morgan fingerprint density at radius 2 is 2.20 bits per heavy atom. The summed E-state index contributed by atoms with van der Waals surface area (Å²) in [6.07, 6.45) is -3.70. The molecule has 1 fully saturated rings. The van der Waals surface area contributed by atoms with Crippen LogP contribution in [0.25, 0.3) is 0 Å². The predicted molar refractivity (Wildman–Crippen MR) is 62.8 cm³/mol. The van der Waals surface area contributed by atoms with E-state index in [1.54, 1.807) is 0 Å². The van der Waals surface area contributed by atoms with Crippen LogP contribution in [0.4, 0.5) is 13.2 Å². The monoisotopic (exact) mass is 312 g/mol. The van der Waals surface area contributed by atoms with E-state index in [0.29, 0.717) is 4.57 Å². The number of aliphatic hydroxyl groups excluding tert-OH is 2. The van der Waals surface area contributed by atoms with E-state index in [0.717, 1.165) is 6.20 Å². The van der Waals surface area contributed by atoms with Crippen molar-refractivity contribution < 1.29 is 28.1 Å². The predicted octanol–water partition coefficient (Wildman–Crippen LogP) is 0.131. The Morgan fingerprint density at radius 1 is 1.55 bits per heavy atom. The van der Waals surface area contributed by atoms with Crippen LogP contribution in [0.15, 0.2) is 17.1 Å². The number of halogens is 3. The molecule has 2 rings (SSSR count). The van der Waals surface area contributed by atoms with Crippen molar-refractivity contribution >= 4 is 12.2 Å². The van der Waals surface area contributed by atoms with Crippen molar-refractivity contribution in [3.63, 3.8) is 0 Å². The lowest BCUT2D eigenvalue weighted by Crippen LogP contribution is -2.50. The quantitative estimate of drug-likeness (QED) is 0.691. The van der Waals surface area contributed by atoms with E-state index >= 15 is 0 Å².